The molecule has 0 amide bonds. The minimum Gasteiger partial charge on any atom is -0.383 e. The van der Waals surface area contributed by atoms with Gasteiger partial charge in [0.15, 0.2) is 0 Å². The summed E-state index contributed by atoms with van der Waals surface area (Å²) in [7, 11) is 4.24. The Hall–Kier alpha value is -1.13. The van der Waals surface area contributed by atoms with Crippen LogP contribution in [-0.4, -0.2) is 29.5 Å². The molecule has 0 saturated heterocycles. The third-order valence-corrected chi connectivity index (χ3v) is 4.49. The van der Waals surface area contributed by atoms with Crippen molar-refractivity contribution in [2.24, 2.45) is 5.73 Å². The second-order valence-corrected chi connectivity index (χ2v) is 5.61. The minimum absolute atomic E-state index is 0.0297. The lowest BCUT2D eigenvalue weighted by atomic mass is 9.82. The Labute approximate surface area is 109 Å². The second-order valence-electron chi connectivity index (χ2n) is 5.61. The first-order valence-corrected chi connectivity index (χ1v) is 6.63. The number of pyridine rings is 1. The molecule has 1 heterocycles. The number of hydrogen-bond donors (Lipinski definition) is 2. The van der Waals surface area contributed by atoms with Crippen molar-refractivity contribution >= 4 is 5.82 Å². The lowest BCUT2D eigenvalue weighted by Gasteiger charge is -2.42. The van der Waals surface area contributed by atoms with Gasteiger partial charge in [0.1, 0.15) is 5.82 Å². The first kappa shape index (κ1) is 13.3. The third kappa shape index (κ3) is 1.99. The van der Waals surface area contributed by atoms with Gasteiger partial charge >= 0.3 is 0 Å². The van der Waals surface area contributed by atoms with Gasteiger partial charge in [0.2, 0.25) is 0 Å². The lowest BCUT2D eigenvalue weighted by molar-refractivity contribution is 0.123. The molecule has 4 N–H and O–H groups in total. The average Bonchev–Trinajstić information content (AvgIpc) is 2.78. The normalized spacial score (nSPS) is 20.3. The van der Waals surface area contributed by atoms with Crippen LogP contribution in [0.25, 0.3) is 0 Å². The van der Waals surface area contributed by atoms with Crippen molar-refractivity contribution in [1.29, 1.82) is 0 Å². The van der Waals surface area contributed by atoms with Crippen molar-refractivity contribution in [1.82, 2.24) is 9.88 Å². The van der Waals surface area contributed by atoms with Crippen LogP contribution < -0.4 is 11.5 Å². The van der Waals surface area contributed by atoms with Gasteiger partial charge in [0, 0.05) is 17.3 Å². The minimum atomic E-state index is -0.0660. The van der Waals surface area contributed by atoms with Crippen LogP contribution in [0.4, 0.5) is 5.82 Å². The standard InChI is InChI=1S/C14H24N4/c1-10-6-9-17-13(16)11(10)12(15)14(18(2)3)7-4-5-8-14/h6,9,12H,4-5,7-8,15H2,1-3H3,(H2,16,17). The molecule has 18 heavy (non-hydrogen) atoms. The Kier molecular flexibility index (Phi) is 3.59. The molecule has 0 aliphatic heterocycles. The van der Waals surface area contributed by atoms with Gasteiger partial charge in [-0.3, -0.25) is 0 Å². The highest BCUT2D eigenvalue weighted by atomic mass is 15.2. The smallest absolute Gasteiger partial charge is 0.128 e. The number of nitrogens with two attached hydrogens (primary N) is 2. The van der Waals surface area contributed by atoms with E-state index in [0.29, 0.717) is 5.82 Å². The molecule has 1 aliphatic carbocycles. The van der Waals surface area contributed by atoms with E-state index < -0.39 is 0 Å². The van der Waals surface area contributed by atoms with Gasteiger partial charge < -0.3 is 16.4 Å². The summed E-state index contributed by atoms with van der Waals surface area (Å²) in [5, 5.41) is 0. The SMILES string of the molecule is Cc1ccnc(N)c1C(N)C1(N(C)C)CCCC1. The zero-order valence-electron chi connectivity index (χ0n) is 11.6. The van der Waals surface area contributed by atoms with Crippen LogP contribution in [0.3, 0.4) is 0 Å². The fourth-order valence-electron chi connectivity index (χ4n) is 3.29. The summed E-state index contributed by atoms with van der Waals surface area (Å²) in [5.41, 5.74) is 14.8. The van der Waals surface area contributed by atoms with E-state index in [1.807, 2.05) is 6.07 Å². The van der Waals surface area contributed by atoms with Gasteiger partial charge in [-0.2, -0.15) is 0 Å². The van der Waals surface area contributed by atoms with Crippen molar-refractivity contribution in [3.63, 3.8) is 0 Å². The molecular weight excluding hydrogens is 224 g/mol. The zero-order valence-corrected chi connectivity index (χ0v) is 11.6. The summed E-state index contributed by atoms with van der Waals surface area (Å²) in [4.78, 5) is 6.48. The Morgan fingerprint density at radius 2 is 1.94 bits per heavy atom. The monoisotopic (exact) mass is 248 g/mol. The van der Waals surface area contributed by atoms with Gasteiger partial charge in [0.25, 0.3) is 0 Å². The van der Waals surface area contributed by atoms with Crippen molar-refractivity contribution in [2.45, 2.75) is 44.2 Å². The molecule has 1 aliphatic rings. The Morgan fingerprint density at radius 3 is 2.44 bits per heavy atom. The molecule has 1 fully saturated rings. The molecule has 1 aromatic rings. The summed E-state index contributed by atoms with van der Waals surface area (Å²) in [6, 6.07) is 1.92. The maximum Gasteiger partial charge on any atom is 0.128 e. The molecule has 1 saturated carbocycles. The number of rotatable bonds is 3. The van der Waals surface area contributed by atoms with Gasteiger partial charge in [-0.05, 0) is 45.5 Å². The van der Waals surface area contributed by atoms with Gasteiger partial charge in [0.05, 0.1) is 6.04 Å². The average molecular weight is 248 g/mol. The van der Waals surface area contributed by atoms with Gasteiger partial charge in [-0.1, -0.05) is 12.8 Å². The number of likely N-dealkylation sites (N-methyl/N-ethyl adjacent to an activating group) is 1. The van der Waals surface area contributed by atoms with E-state index in [1.165, 1.54) is 12.8 Å². The Bertz CT molecular complexity index is 402. The highest BCUT2D eigenvalue weighted by molar-refractivity contribution is 5.47. The van der Waals surface area contributed by atoms with Crippen LogP contribution in [-0.2, 0) is 0 Å². The molecule has 0 spiro atoms. The second kappa shape index (κ2) is 4.86. The molecule has 0 bridgehead atoms. The van der Waals surface area contributed by atoms with Crippen molar-refractivity contribution in [3.8, 4) is 0 Å². The van der Waals surface area contributed by atoms with Crippen molar-refractivity contribution in [3.05, 3.63) is 23.4 Å². The van der Waals surface area contributed by atoms with E-state index in [0.717, 1.165) is 24.0 Å². The molecule has 1 atom stereocenters. The fraction of sp³-hybridized carbons (Fsp3) is 0.643. The zero-order chi connectivity index (χ0) is 13.3. The van der Waals surface area contributed by atoms with E-state index in [1.54, 1.807) is 6.20 Å². The van der Waals surface area contributed by atoms with Crippen LogP contribution in [0.2, 0.25) is 0 Å². The van der Waals surface area contributed by atoms with E-state index in [2.05, 4.69) is 30.9 Å². The highest BCUT2D eigenvalue weighted by Gasteiger charge is 2.43. The first-order valence-electron chi connectivity index (χ1n) is 6.63. The topological polar surface area (TPSA) is 68.2 Å². The first-order chi connectivity index (χ1) is 8.49. The number of nitrogens with zero attached hydrogens (tertiary/aromatic N) is 2. The molecule has 1 aromatic heterocycles. The van der Waals surface area contributed by atoms with Crippen LogP contribution in [0, 0.1) is 6.92 Å². The summed E-state index contributed by atoms with van der Waals surface area (Å²) < 4.78 is 0. The molecule has 4 nitrogen and oxygen atoms in total. The Morgan fingerprint density at radius 1 is 1.33 bits per heavy atom. The molecule has 100 valence electrons. The molecule has 0 aromatic carbocycles. The van der Waals surface area contributed by atoms with Crippen molar-refractivity contribution < 1.29 is 0 Å². The van der Waals surface area contributed by atoms with E-state index in [4.69, 9.17) is 11.5 Å². The van der Waals surface area contributed by atoms with E-state index >= 15 is 0 Å². The number of aryl methyl sites for hydroxylation is 1. The summed E-state index contributed by atoms with van der Waals surface area (Å²) >= 11 is 0. The molecule has 4 heteroatoms. The van der Waals surface area contributed by atoms with Crippen molar-refractivity contribution in [2.75, 3.05) is 19.8 Å². The molecular formula is C14H24N4. The summed E-state index contributed by atoms with van der Waals surface area (Å²) in [6.07, 6.45) is 6.50. The molecule has 0 radical (unpaired) electrons. The maximum atomic E-state index is 6.58. The van der Waals surface area contributed by atoms with Gasteiger partial charge in [-0.25, -0.2) is 4.98 Å². The van der Waals surface area contributed by atoms with Crippen LogP contribution >= 0.6 is 0 Å². The molecule has 2 rings (SSSR count). The predicted molar refractivity (Wildman–Crippen MR) is 75.2 cm³/mol. The van der Waals surface area contributed by atoms with Crippen LogP contribution in [0.1, 0.15) is 42.9 Å². The quantitative estimate of drug-likeness (QED) is 0.856. The van der Waals surface area contributed by atoms with E-state index in [-0.39, 0.29) is 11.6 Å². The largest absolute Gasteiger partial charge is 0.383 e. The Balaban J connectivity index is 2.43. The van der Waals surface area contributed by atoms with E-state index in [9.17, 15) is 0 Å². The number of nitrogen functional groups attached to an aromatic ring is 1. The van der Waals surface area contributed by atoms with Crippen LogP contribution in [0.15, 0.2) is 12.3 Å². The maximum absolute atomic E-state index is 6.58. The summed E-state index contributed by atoms with van der Waals surface area (Å²) in [5.74, 6) is 0.579. The third-order valence-electron chi connectivity index (χ3n) is 4.49. The predicted octanol–water partition coefficient (Wildman–Crippen LogP) is 1.85. The lowest BCUT2D eigenvalue weighted by Crippen LogP contribution is -2.50. The number of aromatic nitrogens is 1. The van der Waals surface area contributed by atoms with Gasteiger partial charge in [-0.15, -0.1) is 0 Å². The number of hydrogen-bond acceptors (Lipinski definition) is 4. The number of anilines is 1. The molecule has 1 unspecified atom stereocenters. The fourth-order valence-corrected chi connectivity index (χ4v) is 3.29. The summed E-state index contributed by atoms with van der Waals surface area (Å²) in [6.45, 7) is 2.06. The highest BCUT2D eigenvalue weighted by Crippen LogP contribution is 2.43. The van der Waals surface area contributed by atoms with Crippen LogP contribution in [0.5, 0.6) is 0 Å².